The van der Waals surface area contributed by atoms with Crippen molar-refractivity contribution in [2.24, 2.45) is 5.73 Å². The highest BCUT2D eigenvalue weighted by Gasteiger charge is 2.16. The Morgan fingerprint density at radius 2 is 2.73 bits per heavy atom. The summed E-state index contributed by atoms with van der Waals surface area (Å²) in [5, 5.41) is 0. The third-order valence-corrected chi connectivity index (χ3v) is 1.91. The van der Waals surface area contributed by atoms with Gasteiger partial charge in [0, 0.05) is 18.9 Å². The summed E-state index contributed by atoms with van der Waals surface area (Å²) >= 11 is 0. The Kier molecular flexibility index (Phi) is 1.63. The number of aromatic nitrogens is 2. The number of fused-ring (bicyclic) bond motifs is 1. The predicted octanol–water partition coefficient (Wildman–Crippen LogP) is -0.259. The van der Waals surface area contributed by atoms with Crippen LogP contribution in [0.2, 0.25) is 0 Å². The summed E-state index contributed by atoms with van der Waals surface area (Å²) in [6, 6.07) is 0. The lowest BCUT2D eigenvalue weighted by Crippen LogP contribution is -2.33. The van der Waals surface area contributed by atoms with Crippen molar-refractivity contribution >= 4 is 0 Å². The maximum Gasteiger partial charge on any atom is 0.134 e. The van der Waals surface area contributed by atoms with Crippen molar-refractivity contribution in [1.29, 1.82) is 0 Å². The van der Waals surface area contributed by atoms with Gasteiger partial charge in [-0.05, 0) is 0 Å². The van der Waals surface area contributed by atoms with Crippen molar-refractivity contribution in [3.05, 3.63) is 18.2 Å². The summed E-state index contributed by atoms with van der Waals surface area (Å²) in [5.41, 5.74) is 5.47. The Hall–Kier alpha value is -0.870. The molecule has 0 aliphatic carbocycles. The maximum absolute atomic E-state index is 5.47. The van der Waals surface area contributed by atoms with E-state index in [2.05, 4.69) is 9.55 Å². The van der Waals surface area contributed by atoms with Gasteiger partial charge in [0.2, 0.25) is 0 Å². The van der Waals surface area contributed by atoms with Crippen LogP contribution in [0, 0.1) is 0 Å². The van der Waals surface area contributed by atoms with Crippen LogP contribution < -0.4 is 5.73 Å². The fraction of sp³-hybridized carbons (Fsp3) is 0.571. The van der Waals surface area contributed by atoms with Crippen LogP contribution in [-0.4, -0.2) is 22.2 Å². The summed E-state index contributed by atoms with van der Waals surface area (Å²) in [7, 11) is 0. The molecule has 0 fully saturated rings. The number of imidazole rings is 1. The van der Waals surface area contributed by atoms with Crippen molar-refractivity contribution in [3.8, 4) is 0 Å². The summed E-state index contributed by atoms with van der Waals surface area (Å²) in [4.78, 5) is 4.12. The van der Waals surface area contributed by atoms with Crippen LogP contribution in [0.5, 0.6) is 0 Å². The third kappa shape index (κ3) is 1.15. The van der Waals surface area contributed by atoms with Crippen LogP contribution in [-0.2, 0) is 17.9 Å². The van der Waals surface area contributed by atoms with E-state index in [-0.39, 0.29) is 6.10 Å². The normalized spacial score (nSPS) is 23.2. The van der Waals surface area contributed by atoms with Gasteiger partial charge in [0.1, 0.15) is 12.4 Å². The number of hydrogen-bond acceptors (Lipinski definition) is 3. The zero-order chi connectivity index (χ0) is 7.68. The van der Waals surface area contributed by atoms with Crippen LogP contribution in [0.15, 0.2) is 12.4 Å². The molecule has 2 N–H and O–H groups in total. The second-order valence-electron chi connectivity index (χ2n) is 2.66. The average Bonchev–Trinajstić information content (AvgIpc) is 2.50. The van der Waals surface area contributed by atoms with Gasteiger partial charge < -0.3 is 15.0 Å². The van der Waals surface area contributed by atoms with Crippen molar-refractivity contribution in [1.82, 2.24) is 9.55 Å². The molecule has 4 nitrogen and oxygen atoms in total. The fourth-order valence-electron chi connectivity index (χ4n) is 1.25. The van der Waals surface area contributed by atoms with Crippen LogP contribution in [0.3, 0.4) is 0 Å². The molecule has 2 rings (SSSR count). The smallest absolute Gasteiger partial charge is 0.134 e. The highest BCUT2D eigenvalue weighted by atomic mass is 16.5. The molecule has 1 aliphatic heterocycles. The second kappa shape index (κ2) is 2.64. The number of nitrogens with two attached hydrogens (primary N) is 1. The molecule has 0 aromatic carbocycles. The molecule has 0 spiro atoms. The quantitative estimate of drug-likeness (QED) is 0.604. The molecule has 1 aromatic rings. The molecule has 0 saturated heterocycles. The largest absolute Gasteiger partial charge is 0.367 e. The topological polar surface area (TPSA) is 53.1 Å². The molecule has 11 heavy (non-hydrogen) atoms. The van der Waals surface area contributed by atoms with E-state index >= 15 is 0 Å². The molecular formula is C7H11N3O. The second-order valence-corrected chi connectivity index (χ2v) is 2.66. The Balaban J connectivity index is 2.18. The molecular weight excluding hydrogens is 142 g/mol. The van der Waals surface area contributed by atoms with E-state index in [1.54, 1.807) is 6.20 Å². The average molecular weight is 153 g/mol. The molecule has 0 radical (unpaired) electrons. The Morgan fingerprint density at radius 1 is 1.82 bits per heavy atom. The fourth-order valence-corrected chi connectivity index (χ4v) is 1.25. The molecule has 1 aromatic heterocycles. The van der Waals surface area contributed by atoms with Gasteiger partial charge >= 0.3 is 0 Å². The molecule has 1 unspecified atom stereocenters. The zero-order valence-corrected chi connectivity index (χ0v) is 6.23. The molecule has 2 heterocycles. The van der Waals surface area contributed by atoms with Gasteiger partial charge in [0.05, 0.1) is 12.6 Å². The summed E-state index contributed by atoms with van der Waals surface area (Å²) < 4.78 is 7.49. The van der Waals surface area contributed by atoms with Gasteiger partial charge in [-0.25, -0.2) is 4.98 Å². The minimum Gasteiger partial charge on any atom is -0.367 e. The van der Waals surface area contributed by atoms with Gasteiger partial charge in [0.25, 0.3) is 0 Å². The number of nitrogens with zero attached hydrogens (tertiary/aromatic N) is 2. The lowest BCUT2D eigenvalue weighted by atomic mass is 10.3. The van der Waals surface area contributed by atoms with Gasteiger partial charge in [-0.15, -0.1) is 0 Å². The first-order valence-corrected chi connectivity index (χ1v) is 3.72. The lowest BCUT2D eigenvalue weighted by molar-refractivity contribution is 0.00794. The highest BCUT2D eigenvalue weighted by Crippen LogP contribution is 2.10. The Bertz CT molecular complexity index is 246. The first kappa shape index (κ1) is 6.82. The molecule has 1 atom stereocenters. The van der Waals surface area contributed by atoms with E-state index in [1.807, 2.05) is 6.20 Å². The van der Waals surface area contributed by atoms with Gasteiger partial charge in [-0.3, -0.25) is 0 Å². The standard InChI is InChI=1S/C7H11N3O/c8-3-6-4-10-2-1-9-7(10)5-11-6/h1-2,6H,3-5,8H2. The maximum atomic E-state index is 5.47. The minimum atomic E-state index is 0.164. The van der Waals surface area contributed by atoms with E-state index in [0.717, 1.165) is 12.4 Å². The number of hydrogen-bond donors (Lipinski definition) is 1. The minimum absolute atomic E-state index is 0.164. The van der Waals surface area contributed by atoms with Gasteiger partial charge in [-0.2, -0.15) is 0 Å². The van der Waals surface area contributed by atoms with Crippen molar-refractivity contribution in [2.45, 2.75) is 19.3 Å². The predicted molar refractivity (Wildman–Crippen MR) is 39.9 cm³/mol. The summed E-state index contributed by atoms with van der Waals surface area (Å²) in [6.45, 7) is 2.01. The van der Waals surface area contributed by atoms with Crippen LogP contribution in [0.1, 0.15) is 5.82 Å². The van der Waals surface area contributed by atoms with Gasteiger partial charge in [0.15, 0.2) is 0 Å². The first-order chi connectivity index (χ1) is 5.40. The molecule has 1 aliphatic rings. The van der Waals surface area contributed by atoms with Crippen LogP contribution in [0.25, 0.3) is 0 Å². The van der Waals surface area contributed by atoms with Crippen molar-refractivity contribution in [2.75, 3.05) is 6.54 Å². The molecule has 0 bridgehead atoms. The molecule has 60 valence electrons. The summed E-state index contributed by atoms with van der Waals surface area (Å²) in [6.07, 6.45) is 3.91. The van der Waals surface area contributed by atoms with E-state index in [1.165, 1.54) is 0 Å². The molecule has 0 saturated carbocycles. The Labute approximate surface area is 65.0 Å². The van der Waals surface area contributed by atoms with Gasteiger partial charge in [-0.1, -0.05) is 0 Å². The Morgan fingerprint density at radius 3 is 3.55 bits per heavy atom. The number of rotatable bonds is 1. The van der Waals surface area contributed by atoms with Crippen molar-refractivity contribution in [3.63, 3.8) is 0 Å². The van der Waals surface area contributed by atoms with E-state index in [9.17, 15) is 0 Å². The van der Waals surface area contributed by atoms with Crippen LogP contribution >= 0.6 is 0 Å². The van der Waals surface area contributed by atoms with E-state index < -0.39 is 0 Å². The van der Waals surface area contributed by atoms with Crippen LogP contribution in [0.4, 0.5) is 0 Å². The molecule has 4 heteroatoms. The molecule has 0 amide bonds. The highest BCUT2D eigenvalue weighted by molar-refractivity contribution is 4.93. The number of ether oxygens (including phenoxy) is 1. The third-order valence-electron chi connectivity index (χ3n) is 1.91. The monoisotopic (exact) mass is 153 g/mol. The lowest BCUT2D eigenvalue weighted by Gasteiger charge is -2.22. The first-order valence-electron chi connectivity index (χ1n) is 3.72. The SMILES string of the molecule is NCC1Cn2ccnc2CO1. The summed E-state index contributed by atoms with van der Waals surface area (Å²) in [5.74, 6) is 0.995. The van der Waals surface area contributed by atoms with E-state index in [4.69, 9.17) is 10.5 Å². The van der Waals surface area contributed by atoms with Crippen molar-refractivity contribution < 1.29 is 4.74 Å². The zero-order valence-electron chi connectivity index (χ0n) is 6.23. The van der Waals surface area contributed by atoms with E-state index in [0.29, 0.717) is 13.2 Å².